The van der Waals surface area contributed by atoms with Crippen molar-refractivity contribution < 1.29 is 4.42 Å². The molecule has 1 heterocycles. The van der Waals surface area contributed by atoms with Crippen molar-refractivity contribution in [2.45, 2.75) is 32.7 Å². The molecule has 0 fully saturated rings. The molecule has 1 rings (SSSR count). The van der Waals surface area contributed by atoms with Crippen LogP contribution >= 0.6 is 0 Å². The lowest BCUT2D eigenvalue weighted by Crippen LogP contribution is -2.09. The van der Waals surface area contributed by atoms with E-state index in [4.69, 9.17) is 10.2 Å². The van der Waals surface area contributed by atoms with Gasteiger partial charge in [0.15, 0.2) is 0 Å². The summed E-state index contributed by atoms with van der Waals surface area (Å²) in [5.74, 6) is 0.998. The van der Waals surface area contributed by atoms with E-state index in [1.165, 1.54) is 0 Å². The summed E-state index contributed by atoms with van der Waals surface area (Å²) in [4.78, 5) is 0. The minimum absolute atomic E-state index is 0.0907. The molecule has 0 aliphatic carbocycles. The highest BCUT2D eigenvalue weighted by atomic mass is 16.3. The van der Waals surface area contributed by atoms with Crippen molar-refractivity contribution in [3.8, 4) is 0 Å². The molecule has 0 aromatic carbocycles. The number of furan rings is 1. The molecular formula is C9H15NO. The molecular weight excluding hydrogens is 138 g/mol. The van der Waals surface area contributed by atoms with Crippen LogP contribution in [-0.4, -0.2) is 0 Å². The van der Waals surface area contributed by atoms with E-state index in [9.17, 15) is 0 Å². The average molecular weight is 153 g/mol. The van der Waals surface area contributed by atoms with Gasteiger partial charge in [0, 0.05) is 17.5 Å². The fraction of sp³-hybridized carbons (Fsp3) is 0.556. The molecule has 0 spiro atoms. The normalized spacial score (nSPS) is 12.0. The molecule has 1 aromatic heterocycles. The molecule has 11 heavy (non-hydrogen) atoms. The molecule has 0 unspecified atom stereocenters. The lowest BCUT2D eigenvalue weighted by atomic mass is 9.93. The van der Waals surface area contributed by atoms with Crippen molar-refractivity contribution >= 4 is 0 Å². The molecule has 0 saturated carbocycles. The van der Waals surface area contributed by atoms with Crippen LogP contribution in [0.15, 0.2) is 16.7 Å². The second-order valence-electron chi connectivity index (χ2n) is 3.77. The molecule has 1 aromatic rings. The minimum Gasteiger partial charge on any atom is -0.468 e. The standard InChI is InChI=1S/C9H15NO/c1-9(2,3)8-4-7(5-10)6-11-8/h4,6H,5,10H2,1-3H3. The monoisotopic (exact) mass is 153 g/mol. The highest BCUT2D eigenvalue weighted by Crippen LogP contribution is 2.23. The Labute approximate surface area is 67.4 Å². The maximum Gasteiger partial charge on any atom is 0.109 e. The van der Waals surface area contributed by atoms with E-state index >= 15 is 0 Å². The maximum absolute atomic E-state index is 5.45. The number of hydrogen-bond donors (Lipinski definition) is 1. The van der Waals surface area contributed by atoms with Crippen molar-refractivity contribution in [1.29, 1.82) is 0 Å². The first kappa shape index (κ1) is 8.34. The Kier molecular flexibility index (Phi) is 2.05. The van der Waals surface area contributed by atoms with E-state index in [1.54, 1.807) is 6.26 Å². The van der Waals surface area contributed by atoms with Gasteiger partial charge in [0.05, 0.1) is 6.26 Å². The van der Waals surface area contributed by atoms with Gasteiger partial charge < -0.3 is 10.2 Å². The van der Waals surface area contributed by atoms with Crippen molar-refractivity contribution in [2.75, 3.05) is 0 Å². The minimum atomic E-state index is 0.0907. The lowest BCUT2D eigenvalue weighted by molar-refractivity contribution is 0.409. The lowest BCUT2D eigenvalue weighted by Gasteiger charge is -2.13. The van der Waals surface area contributed by atoms with Crippen LogP contribution in [0, 0.1) is 0 Å². The molecule has 2 heteroatoms. The Balaban J connectivity index is 2.89. The summed E-state index contributed by atoms with van der Waals surface area (Å²) in [6.07, 6.45) is 1.72. The molecule has 0 saturated heterocycles. The molecule has 2 nitrogen and oxygen atoms in total. The molecule has 2 N–H and O–H groups in total. The number of nitrogens with two attached hydrogens (primary N) is 1. The Bertz CT molecular complexity index is 232. The SMILES string of the molecule is CC(C)(C)c1cc(CN)co1. The summed E-state index contributed by atoms with van der Waals surface area (Å²) in [5, 5.41) is 0. The zero-order valence-corrected chi connectivity index (χ0v) is 7.35. The van der Waals surface area contributed by atoms with Crippen molar-refractivity contribution in [1.82, 2.24) is 0 Å². The second kappa shape index (κ2) is 2.70. The van der Waals surface area contributed by atoms with Gasteiger partial charge in [0.1, 0.15) is 5.76 Å². The fourth-order valence-corrected chi connectivity index (χ4v) is 0.876. The zero-order valence-electron chi connectivity index (χ0n) is 7.35. The van der Waals surface area contributed by atoms with Gasteiger partial charge in [-0.1, -0.05) is 20.8 Å². The maximum atomic E-state index is 5.45. The largest absolute Gasteiger partial charge is 0.468 e. The van der Waals surface area contributed by atoms with E-state index in [0.717, 1.165) is 11.3 Å². The fourth-order valence-electron chi connectivity index (χ4n) is 0.876. The third kappa shape index (κ3) is 1.84. The topological polar surface area (TPSA) is 39.2 Å². The predicted molar refractivity (Wildman–Crippen MR) is 45.3 cm³/mol. The average Bonchev–Trinajstić information content (AvgIpc) is 2.32. The first-order chi connectivity index (χ1) is 5.04. The molecule has 0 amide bonds. The van der Waals surface area contributed by atoms with Crippen molar-refractivity contribution in [3.05, 3.63) is 23.7 Å². The van der Waals surface area contributed by atoms with Gasteiger partial charge in [0.25, 0.3) is 0 Å². The summed E-state index contributed by atoms with van der Waals surface area (Å²) >= 11 is 0. The van der Waals surface area contributed by atoms with Crippen LogP contribution < -0.4 is 5.73 Å². The highest BCUT2D eigenvalue weighted by molar-refractivity contribution is 5.17. The summed E-state index contributed by atoms with van der Waals surface area (Å²) in [5.41, 5.74) is 6.60. The van der Waals surface area contributed by atoms with Gasteiger partial charge in [-0.25, -0.2) is 0 Å². The van der Waals surface area contributed by atoms with Gasteiger partial charge in [-0.2, -0.15) is 0 Å². The van der Waals surface area contributed by atoms with Crippen molar-refractivity contribution in [2.24, 2.45) is 5.73 Å². The highest BCUT2D eigenvalue weighted by Gasteiger charge is 2.17. The summed E-state index contributed by atoms with van der Waals surface area (Å²) < 4.78 is 5.34. The van der Waals surface area contributed by atoms with Gasteiger partial charge in [0.2, 0.25) is 0 Å². The van der Waals surface area contributed by atoms with Crippen LogP contribution in [0.5, 0.6) is 0 Å². The predicted octanol–water partition coefficient (Wildman–Crippen LogP) is 2.04. The Hall–Kier alpha value is -0.760. The van der Waals surface area contributed by atoms with Crippen LogP contribution in [-0.2, 0) is 12.0 Å². The van der Waals surface area contributed by atoms with Gasteiger partial charge in [-0.15, -0.1) is 0 Å². The number of hydrogen-bond acceptors (Lipinski definition) is 2. The molecule has 0 bridgehead atoms. The van der Waals surface area contributed by atoms with Gasteiger partial charge >= 0.3 is 0 Å². The van der Waals surface area contributed by atoms with Crippen LogP contribution in [0.4, 0.5) is 0 Å². The van der Waals surface area contributed by atoms with Gasteiger partial charge in [-0.3, -0.25) is 0 Å². The van der Waals surface area contributed by atoms with Crippen LogP contribution in [0.2, 0.25) is 0 Å². The smallest absolute Gasteiger partial charge is 0.109 e. The van der Waals surface area contributed by atoms with E-state index < -0.39 is 0 Å². The second-order valence-corrected chi connectivity index (χ2v) is 3.77. The molecule has 0 atom stereocenters. The van der Waals surface area contributed by atoms with Gasteiger partial charge in [-0.05, 0) is 6.07 Å². The zero-order chi connectivity index (χ0) is 8.48. The summed E-state index contributed by atoms with van der Waals surface area (Å²) in [6.45, 7) is 6.91. The van der Waals surface area contributed by atoms with Crippen LogP contribution in [0.25, 0.3) is 0 Å². The first-order valence-electron chi connectivity index (χ1n) is 3.82. The molecule has 0 aliphatic rings. The molecule has 0 aliphatic heterocycles. The van der Waals surface area contributed by atoms with E-state index in [-0.39, 0.29) is 5.41 Å². The third-order valence-electron chi connectivity index (χ3n) is 1.63. The summed E-state index contributed by atoms with van der Waals surface area (Å²) in [6, 6.07) is 2.01. The van der Waals surface area contributed by atoms with E-state index in [0.29, 0.717) is 6.54 Å². The summed E-state index contributed by atoms with van der Waals surface area (Å²) in [7, 11) is 0. The van der Waals surface area contributed by atoms with E-state index in [1.807, 2.05) is 6.07 Å². The Morgan fingerprint density at radius 2 is 2.09 bits per heavy atom. The quantitative estimate of drug-likeness (QED) is 0.670. The number of rotatable bonds is 1. The Morgan fingerprint density at radius 3 is 2.36 bits per heavy atom. The van der Waals surface area contributed by atoms with Crippen molar-refractivity contribution in [3.63, 3.8) is 0 Å². The molecule has 62 valence electrons. The third-order valence-corrected chi connectivity index (χ3v) is 1.63. The molecule has 0 radical (unpaired) electrons. The van der Waals surface area contributed by atoms with Crippen LogP contribution in [0.1, 0.15) is 32.1 Å². The first-order valence-corrected chi connectivity index (χ1v) is 3.82. The Morgan fingerprint density at radius 1 is 1.45 bits per heavy atom. The van der Waals surface area contributed by atoms with E-state index in [2.05, 4.69) is 20.8 Å². The van der Waals surface area contributed by atoms with Crippen LogP contribution in [0.3, 0.4) is 0 Å².